The number of likely N-dealkylation sites (N-methyl/N-ethyl adjacent to an activating group) is 14. The summed E-state index contributed by atoms with van der Waals surface area (Å²) >= 11 is 7.56. The van der Waals surface area contributed by atoms with Crippen molar-refractivity contribution in [2.45, 2.75) is 216 Å². The molecule has 11 aromatic rings. The molecule has 0 spiro atoms. The number of aromatic nitrogens is 13. The number of fused-ring (bicyclic) bond motifs is 11. The fraction of sp³-hybridized carbons (Fsp3) is 0.646. The number of thiophene rings is 1. The second-order valence-electron chi connectivity index (χ2n) is 43.3. The van der Waals surface area contributed by atoms with Gasteiger partial charge in [-0.15, -0.1) is 34.0 Å². The van der Waals surface area contributed by atoms with Crippen molar-refractivity contribution in [3.05, 3.63) is 231 Å². The van der Waals surface area contributed by atoms with Gasteiger partial charge in [-0.25, -0.2) is 34.5 Å². The van der Waals surface area contributed by atoms with E-state index in [1.807, 2.05) is 77.7 Å². The molecule has 0 unspecified atom stereocenters. The lowest BCUT2D eigenvalue weighted by atomic mass is 10.0. The first-order valence-corrected chi connectivity index (χ1v) is 57.8. The Balaban J connectivity index is 0.000000153. The molecule has 2 atom stereocenters. The summed E-state index contributed by atoms with van der Waals surface area (Å²) in [6, 6.07) is 17.2. The number of aryl methyl sites for hydroxylation is 3. The number of benzene rings is 1. The summed E-state index contributed by atoms with van der Waals surface area (Å²) in [6.07, 6.45) is 27.3. The van der Waals surface area contributed by atoms with Crippen LogP contribution < -0.4 is 4.57 Å². The quantitative estimate of drug-likeness (QED) is 0.139. The van der Waals surface area contributed by atoms with Crippen molar-refractivity contribution in [2.75, 3.05) is 261 Å². The standard InChI is InChI=1S/C10H13N.C9H12N2.C8H13N3.C8H11N3.C8H12N2O.C8H12N2S.C8H11NS.2C7H11N3.C7H10N2O.C7H10N2S.2C7H15NO.C6H13NO.C5H11NS.CH4/c1-11-7-6-9-4-2-3-5-10(9)8-11;1-11-6-4-9-8(7-11)3-2-5-10-9;1-10-4-3-8-7(5-10)6-11(2)9-8;1-11-3-2-8-7(5-11)4-9-6-10-8;1-6-9-7-5-10(2)4-3-8(7)11-6;1-6-9-7-3-4-10(2)5-8(7)11-6;1-9-4-2-7-3-5-10-8(7)6-9;1-9-4-5-10-3-2-8-7(10)6-9;1-9-4-5-10-7(6-9)2-3-8-10;1-9-3-2-7-6(4-9)5-10-8-7;1-9-3-2-6-7(4-9)10-5-8-6;1-6-4-8(3)5-7(2)9-6;1-7(2)6-8(3)4-5-9-7;1-7-3-2-5-8-6-4-7;1-6-2-4-7-5-3-6;/h2-5H,6-8H2,1H3;2-3,5H,4,6-7H2,1H3;6H,3-5H2,1-2H3;4,6H,2-3,5H2,1H3;2*3-5H2,1-2H3;3,5H,2,4,6H2,1H3;2*2-3H,4-6H2,1H3;2*5H,2-4H2,1H3;6-7H,4-5H2,1-3H3;4-6H2,1-3H3;2-6H2,1H3;2-5H2,1H3;1H4/p+1/t;;;;;;;;;;;6-,7+;;;;. The van der Waals surface area contributed by atoms with Crippen LogP contribution in [0, 0.1) is 13.8 Å². The van der Waals surface area contributed by atoms with Crippen LogP contribution in [-0.4, -0.2) is 412 Å². The Labute approximate surface area is 915 Å². The van der Waals surface area contributed by atoms with Crippen LogP contribution in [0.15, 0.2) is 118 Å². The average molecular weight is 2140 g/mol. The molecule has 33 nitrogen and oxygen atoms in total. The fourth-order valence-electron chi connectivity index (χ4n) is 19.8. The van der Waals surface area contributed by atoms with Crippen molar-refractivity contribution in [1.29, 1.82) is 0 Å². The van der Waals surface area contributed by atoms with Gasteiger partial charge in [0, 0.05) is 334 Å². The number of imidazole rings is 1. The van der Waals surface area contributed by atoms with Gasteiger partial charge in [0.1, 0.15) is 43.8 Å². The Kier molecular flexibility index (Phi) is 52.1. The molecular formula is C113H185N28O5S4+. The number of rotatable bonds is 0. The molecule has 0 saturated carbocycles. The Morgan fingerprint density at radius 2 is 1.02 bits per heavy atom. The van der Waals surface area contributed by atoms with Crippen molar-refractivity contribution in [3.63, 3.8) is 0 Å². The molecule has 150 heavy (non-hydrogen) atoms. The van der Waals surface area contributed by atoms with Crippen molar-refractivity contribution < 1.29 is 27.7 Å². The van der Waals surface area contributed by atoms with E-state index >= 15 is 0 Å². The number of aromatic amines is 1. The number of nitrogens with zero attached hydrogens (tertiary/aromatic N) is 27. The predicted molar refractivity (Wildman–Crippen MR) is 613 cm³/mol. The van der Waals surface area contributed by atoms with Crippen LogP contribution in [0.1, 0.15) is 163 Å². The summed E-state index contributed by atoms with van der Waals surface area (Å²) < 4.78 is 32.7. The number of hydrogen-bond donors (Lipinski definition) is 1. The highest BCUT2D eigenvalue weighted by molar-refractivity contribution is 7.99. The number of H-pyrrole nitrogens is 1. The summed E-state index contributed by atoms with van der Waals surface area (Å²) in [5, 5.41) is 15.9. The number of ether oxygens (including phenoxy) is 3. The van der Waals surface area contributed by atoms with E-state index in [1.165, 1.54) is 152 Å². The molecule has 1 N–H and O–H groups in total. The Morgan fingerprint density at radius 3 is 1.71 bits per heavy atom. The van der Waals surface area contributed by atoms with E-state index in [0.717, 1.165) is 265 Å². The van der Waals surface area contributed by atoms with Crippen LogP contribution in [-0.2, 0) is 164 Å². The highest BCUT2D eigenvalue weighted by Gasteiger charge is 2.28. The highest BCUT2D eigenvalue weighted by atomic mass is 32.2. The molecule has 0 amide bonds. The maximum absolute atomic E-state index is 5.51. The van der Waals surface area contributed by atoms with Gasteiger partial charge < -0.3 is 81.9 Å². The molecule has 4 saturated heterocycles. The first kappa shape index (κ1) is 122. The molecule has 15 aliphatic heterocycles. The van der Waals surface area contributed by atoms with E-state index in [0.29, 0.717) is 12.2 Å². The predicted octanol–water partition coefficient (Wildman–Crippen LogP) is 12.7. The lowest BCUT2D eigenvalue weighted by Crippen LogP contribution is -2.47. The van der Waals surface area contributed by atoms with Gasteiger partial charge >= 0.3 is 0 Å². The van der Waals surface area contributed by atoms with Gasteiger partial charge in [0.25, 0.3) is 5.82 Å². The van der Waals surface area contributed by atoms with Gasteiger partial charge in [0.2, 0.25) is 0 Å². The Bertz CT molecular complexity index is 5020. The molecule has 0 bridgehead atoms. The third kappa shape index (κ3) is 43.0. The number of nitrogens with one attached hydrogen (secondary N) is 1. The molecule has 25 heterocycles. The number of thiazole rings is 2. The van der Waals surface area contributed by atoms with Gasteiger partial charge in [-0.1, -0.05) is 42.9 Å². The Morgan fingerprint density at radius 1 is 0.440 bits per heavy atom. The number of thioether (sulfide) groups is 1. The largest absolute Gasteiger partial charge is 0.446 e. The van der Waals surface area contributed by atoms with E-state index in [1.54, 1.807) is 34.4 Å². The second kappa shape index (κ2) is 63.9. The third-order valence-corrected chi connectivity index (χ3v) is 32.1. The normalized spacial score (nSPS) is 20.8. The lowest BCUT2D eigenvalue weighted by Gasteiger charge is -2.35. The van der Waals surface area contributed by atoms with Crippen LogP contribution in [0.2, 0.25) is 0 Å². The highest BCUT2D eigenvalue weighted by Crippen LogP contribution is 2.28. The topological polar surface area (TPSA) is 248 Å². The smallest absolute Gasteiger partial charge is 0.268 e. The Hall–Kier alpha value is -7.91. The van der Waals surface area contributed by atoms with Gasteiger partial charge in [-0.2, -0.15) is 22.0 Å². The summed E-state index contributed by atoms with van der Waals surface area (Å²) in [4.78, 5) is 68.0. The first-order chi connectivity index (χ1) is 71.7. The summed E-state index contributed by atoms with van der Waals surface area (Å²) in [7, 11) is 34.2. The maximum atomic E-state index is 5.51. The van der Waals surface area contributed by atoms with Crippen LogP contribution in [0.5, 0.6) is 0 Å². The van der Waals surface area contributed by atoms with Crippen LogP contribution >= 0.6 is 45.8 Å². The van der Waals surface area contributed by atoms with E-state index < -0.39 is 0 Å². The summed E-state index contributed by atoms with van der Waals surface area (Å²) in [5.74, 6) is 5.85. The minimum atomic E-state index is 0. The van der Waals surface area contributed by atoms with Crippen LogP contribution in [0.25, 0.3) is 0 Å². The van der Waals surface area contributed by atoms with Crippen molar-refractivity contribution in [3.8, 4) is 0 Å². The minimum Gasteiger partial charge on any atom is -0.446 e. The van der Waals surface area contributed by atoms with E-state index in [-0.39, 0.29) is 13.0 Å². The average Bonchev–Trinajstić information content (AvgIpc) is 1.61. The summed E-state index contributed by atoms with van der Waals surface area (Å²) in [6.45, 7) is 50.7. The number of oxazole rings is 1. The van der Waals surface area contributed by atoms with E-state index in [4.69, 9.17) is 23.2 Å². The zero-order chi connectivity index (χ0) is 106. The molecule has 0 aliphatic carbocycles. The zero-order valence-electron chi connectivity index (χ0n) is 94.5. The molecule has 26 rings (SSSR count). The molecular weight excluding hydrogens is 1960 g/mol. The minimum absolute atomic E-state index is 0. The molecule has 15 aliphatic rings. The van der Waals surface area contributed by atoms with Crippen molar-refractivity contribution in [1.82, 2.24) is 133 Å². The molecule has 1 aromatic carbocycles. The van der Waals surface area contributed by atoms with Crippen molar-refractivity contribution in [2.24, 2.45) is 7.05 Å². The van der Waals surface area contributed by atoms with Gasteiger partial charge in [-0.3, -0.25) is 29.0 Å². The molecule has 10 aromatic heterocycles. The second-order valence-corrected chi connectivity index (χ2v) is 47.7. The third-order valence-electron chi connectivity index (χ3n) is 28.4. The summed E-state index contributed by atoms with van der Waals surface area (Å²) in [5.41, 5.74) is 22.0. The molecule has 0 radical (unpaired) electrons. The number of morpholine rings is 2. The van der Waals surface area contributed by atoms with Crippen LogP contribution in [0.3, 0.4) is 0 Å². The SMILES string of the molecule is C.CN1CCCOCC1.CN1CCOC(C)(C)C1.CN1CCSCC1.CN1CC[n+]2cc[nH]c2C1.CN1CCc2ccccc2C1.CN1CCc2ccsc2C1.CN1CCc2ncccc2C1.CN1CCc2ncncc2C1.CN1CCc2ncsc2C1.CN1CCc2nn(C)cc2C1.CN1CCc2nocc2C1.CN1CCn2nccc2C1.C[C@@H]1CN(C)C[C@H](C)O1.Cc1nc2c(o1)CCN(C)C2.Cc1nc2c(s1)CN(C)CC2. The molecule has 830 valence electrons. The lowest BCUT2D eigenvalue weighted by molar-refractivity contribution is -0.710. The van der Waals surface area contributed by atoms with E-state index in [2.05, 4.69) is 345 Å². The monoisotopic (exact) mass is 2140 g/mol. The number of hydrogen-bond acceptors (Lipinski definition) is 33. The maximum Gasteiger partial charge on any atom is 0.268 e. The molecule has 37 heteroatoms. The van der Waals surface area contributed by atoms with Gasteiger partial charge in [0.15, 0.2) is 5.89 Å². The van der Waals surface area contributed by atoms with E-state index in [9.17, 15) is 0 Å². The first-order valence-electron chi connectivity index (χ1n) is 54.1. The van der Waals surface area contributed by atoms with Gasteiger partial charge in [0.05, 0.1) is 82.2 Å². The zero-order valence-corrected chi connectivity index (χ0v) is 97.8. The van der Waals surface area contributed by atoms with Gasteiger partial charge in [-0.05, 0) is 205 Å². The van der Waals surface area contributed by atoms with Crippen molar-refractivity contribution >= 4 is 45.8 Å². The fourth-order valence-corrected chi connectivity index (χ4v) is 23.9. The number of pyridine rings is 1. The molecule has 4 fully saturated rings. The van der Waals surface area contributed by atoms with Crippen LogP contribution in [0.4, 0.5) is 0 Å².